The first kappa shape index (κ1) is 31.1. The van der Waals surface area contributed by atoms with Gasteiger partial charge in [-0.15, -0.1) is 0 Å². The van der Waals surface area contributed by atoms with Gasteiger partial charge in [0.2, 0.25) is 0 Å². The van der Waals surface area contributed by atoms with E-state index in [9.17, 15) is 14.7 Å². The van der Waals surface area contributed by atoms with Gasteiger partial charge in [0.15, 0.2) is 16.6 Å². The summed E-state index contributed by atoms with van der Waals surface area (Å²) in [4.78, 5) is 33.8. The molecule has 1 unspecified atom stereocenters. The number of Topliss-reactive ketones (excluding diaryl/α,β-unsaturated/α-hetero) is 1. The van der Waals surface area contributed by atoms with Crippen molar-refractivity contribution in [3.05, 3.63) is 82.4 Å². The van der Waals surface area contributed by atoms with Crippen molar-refractivity contribution in [2.45, 2.75) is 59.4 Å². The quantitative estimate of drug-likeness (QED) is 0.0749. The molecule has 0 bridgehead atoms. The maximum atomic E-state index is 13.8. The predicted octanol–water partition coefficient (Wildman–Crippen LogP) is 7.91. The number of aryl methyl sites for hydroxylation is 2. The van der Waals surface area contributed by atoms with Crippen molar-refractivity contribution in [2.75, 3.05) is 25.2 Å². The summed E-state index contributed by atoms with van der Waals surface area (Å²) < 4.78 is 18.4. The lowest BCUT2D eigenvalue weighted by Gasteiger charge is -2.24. The molecule has 0 aliphatic carbocycles. The second-order valence-corrected chi connectivity index (χ2v) is 11.9. The van der Waals surface area contributed by atoms with E-state index in [4.69, 9.17) is 19.2 Å². The molecule has 230 valence electrons. The Morgan fingerprint density at radius 1 is 0.955 bits per heavy atom. The molecule has 1 aromatic heterocycles. The Hall–Kier alpha value is -4.37. The Balaban J connectivity index is 1.66. The molecule has 1 aliphatic rings. The van der Waals surface area contributed by atoms with Crippen LogP contribution >= 0.6 is 11.3 Å². The van der Waals surface area contributed by atoms with Gasteiger partial charge in [-0.2, -0.15) is 0 Å². The van der Waals surface area contributed by atoms with E-state index >= 15 is 0 Å². The van der Waals surface area contributed by atoms with Crippen LogP contribution in [0.15, 0.2) is 60.2 Å². The summed E-state index contributed by atoms with van der Waals surface area (Å²) in [7, 11) is 1.55. The molecule has 8 nitrogen and oxygen atoms in total. The normalized spacial score (nSPS) is 16.1. The van der Waals surface area contributed by atoms with Crippen molar-refractivity contribution in [2.24, 2.45) is 0 Å². The zero-order chi connectivity index (χ0) is 31.4. The summed E-state index contributed by atoms with van der Waals surface area (Å²) in [5.41, 5.74) is 3.74. The fourth-order valence-corrected chi connectivity index (χ4v) is 6.59. The number of carbonyl (C=O) groups is 2. The van der Waals surface area contributed by atoms with Crippen LogP contribution in [0.25, 0.3) is 16.0 Å². The Kier molecular flexibility index (Phi) is 9.54. The molecule has 1 N–H and O–H groups in total. The number of nitrogens with zero attached hydrogens (tertiary/aromatic N) is 2. The van der Waals surface area contributed by atoms with Gasteiger partial charge in [-0.25, -0.2) is 4.98 Å². The lowest BCUT2D eigenvalue weighted by molar-refractivity contribution is -0.132. The van der Waals surface area contributed by atoms with Crippen LogP contribution in [-0.4, -0.2) is 42.1 Å². The van der Waals surface area contributed by atoms with E-state index in [-0.39, 0.29) is 11.3 Å². The summed E-state index contributed by atoms with van der Waals surface area (Å²) in [5.74, 6) is -0.248. The van der Waals surface area contributed by atoms with Crippen molar-refractivity contribution in [3.8, 4) is 17.2 Å². The van der Waals surface area contributed by atoms with Gasteiger partial charge >= 0.3 is 5.91 Å². The van der Waals surface area contributed by atoms with E-state index < -0.39 is 17.7 Å². The van der Waals surface area contributed by atoms with Crippen LogP contribution < -0.4 is 19.1 Å². The zero-order valence-corrected chi connectivity index (χ0v) is 26.6. The van der Waals surface area contributed by atoms with Crippen LogP contribution in [0.3, 0.4) is 0 Å². The molecule has 1 fully saturated rings. The van der Waals surface area contributed by atoms with E-state index in [1.807, 2.05) is 32.9 Å². The van der Waals surface area contributed by atoms with E-state index in [0.717, 1.165) is 47.0 Å². The molecule has 1 atom stereocenters. The summed E-state index contributed by atoms with van der Waals surface area (Å²) in [6.07, 6.45) is 3.87. The molecule has 4 aromatic rings. The number of thiazole rings is 1. The molecule has 9 heteroatoms. The van der Waals surface area contributed by atoms with Crippen molar-refractivity contribution in [1.82, 2.24) is 4.98 Å². The number of ether oxygens (including phenoxy) is 3. The summed E-state index contributed by atoms with van der Waals surface area (Å²) >= 11 is 1.34. The first-order valence-corrected chi connectivity index (χ1v) is 15.8. The Morgan fingerprint density at radius 2 is 1.77 bits per heavy atom. The lowest BCUT2D eigenvalue weighted by atomic mass is 9.95. The van der Waals surface area contributed by atoms with Crippen molar-refractivity contribution >= 4 is 44.1 Å². The fourth-order valence-electron chi connectivity index (χ4n) is 5.42. The molecule has 1 amide bonds. The van der Waals surface area contributed by atoms with Gasteiger partial charge in [0, 0.05) is 5.56 Å². The number of amides is 1. The number of anilines is 1. The third-order valence-corrected chi connectivity index (χ3v) is 8.56. The number of hydrogen-bond donors (Lipinski definition) is 1. The van der Waals surface area contributed by atoms with Crippen LogP contribution in [0.4, 0.5) is 5.13 Å². The molecule has 1 saturated heterocycles. The monoisotopic (exact) mass is 614 g/mol. The maximum absolute atomic E-state index is 13.8. The molecular weight excluding hydrogens is 576 g/mol. The number of benzene rings is 3. The van der Waals surface area contributed by atoms with E-state index in [1.54, 1.807) is 49.6 Å². The second kappa shape index (κ2) is 13.5. The van der Waals surface area contributed by atoms with Crippen LogP contribution in [0.2, 0.25) is 0 Å². The van der Waals surface area contributed by atoms with Gasteiger partial charge < -0.3 is 19.3 Å². The molecule has 1 aliphatic heterocycles. The number of methoxy groups -OCH3 is 1. The molecule has 2 heterocycles. The average molecular weight is 615 g/mol. The average Bonchev–Trinajstić information content (AvgIpc) is 3.56. The number of ketones is 1. The van der Waals surface area contributed by atoms with Gasteiger partial charge in [0.05, 0.1) is 42.2 Å². The highest BCUT2D eigenvalue weighted by Crippen LogP contribution is 2.46. The van der Waals surface area contributed by atoms with Gasteiger partial charge in [0.1, 0.15) is 11.5 Å². The number of hydrogen-bond acceptors (Lipinski definition) is 8. The van der Waals surface area contributed by atoms with Crippen LogP contribution in [0.1, 0.15) is 67.8 Å². The molecule has 0 radical (unpaired) electrons. The van der Waals surface area contributed by atoms with Crippen LogP contribution in [0, 0.1) is 13.8 Å². The van der Waals surface area contributed by atoms with Gasteiger partial charge in [-0.3, -0.25) is 14.5 Å². The van der Waals surface area contributed by atoms with Gasteiger partial charge in [-0.1, -0.05) is 62.3 Å². The predicted molar refractivity (Wildman–Crippen MR) is 174 cm³/mol. The fraction of sp³-hybridized carbons (Fsp3) is 0.343. The molecular formula is C35H38N2O6S. The number of aliphatic hydroxyl groups is 1. The minimum absolute atomic E-state index is 0.0338. The molecule has 0 spiro atoms. The molecule has 44 heavy (non-hydrogen) atoms. The Morgan fingerprint density at radius 3 is 2.52 bits per heavy atom. The first-order chi connectivity index (χ1) is 21.3. The van der Waals surface area contributed by atoms with E-state index in [2.05, 4.69) is 6.92 Å². The molecule has 0 saturated carbocycles. The number of aromatic nitrogens is 1. The maximum Gasteiger partial charge on any atom is 0.301 e. The van der Waals surface area contributed by atoms with E-state index in [0.29, 0.717) is 46.7 Å². The van der Waals surface area contributed by atoms with Gasteiger partial charge in [0.25, 0.3) is 5.78 Å². The van der Waals surface area contributed by atoms with Crippen molar-refractivity contribution in [3.63, 3.8) is 0 Å². The van der Waals surface area contributed by atoms with Crippen LogP contribution in [0.5, 0.6) is 17.2 Å². The van der Waals surface area contributed by atoms with Crippen molar-refractivity contribution < 1.29 is 28.9 Å². The number of aliphatic hydroxyl groups excluding tert-OH is 1. The summed E-state index contributed by atoms with van der Waals surface area (Å²) in [6, 6.07) is 15.3. The SMILES string of the molecule is CCCCCOc1ccc(C2/C(=C(\O)c3cccc(OCCC)c3)C(=O)C(=O)N2c2nc3c(C)cc(C)cc3s2)cc1OC. The highest BCUT2D eigenvalue weighted by Gasteiger charge is 2.48. The van der Waals surface area contributed by atoms with Crippen LogP contribution in [-0.2, 0) is 9.59 Å². The minimum Gasteiger partial charge on any atom is -0.507 e. The third kappa shape index (κ3) is 6.15. The number of unbranched alkanes of at least 4 members (excludes halogenated alkanes) is 2. The molecule has 3 aromatic carbocycles. The topological polar surface area (TPSA) is 98.2 Å². The van der Waals surface area contributed by atoms with Crippen molar-refractivity contribution in [1.29, 1.82) is 0 Å². The standard InChI is InChI=1S/C35H38N2O6S/c1-6-8-9-16-43-26-14-13-23(20-27(26)41-5)31-29(32(38)24-11-10-12-25(19-24)42-15-7-2)33(39)34(40)37(31)35-36-30-22(4)17-21(3)18-28(30)44-35/h10-14,17-20,31,38H,6-9,15-16H2,1-5H3/b32-29+. The number of fused-ring (bicyclic) bond motifs is 1. The second-order valence-electron chi connectivity index (χ2n) is 10.9. The minimum atomic E-state index is -0.958. The number of rotatable bonds is 12. The Bertz CT molecular complexity index is 1730. The highest BCUT2D eigenvalue weighted by molar-refractivity contribution is 7.22. The first-order valence-electron chi connectivity index (χ1n) is 15.0. The van der Waals surface area contributed by atoms with Gasteiger partial charge in [-0.05, 0) is 73.7 Å². The van der Waals surface area contributed by atoms with E-state index in [1.165, 1.54) is 16.2 Å². The summed E-state index contributed by atoms with van der Waals surface area (Å²) in [5, 5.41) is 12.0. The highest BCUT2D eigenvalue weighted by atomic mass is 32.1. The summed E-state index contributed by atoms with van der Waals surface area (Å²) in [6.45, 7) is 9.18. The lowest BCUT2D eigenvalue weighted by Crippen LogP contribution is -2.29. The smallest absolute Gasteiger partial charge is 0.301 e. The third-order valence-electron chi connectivity index (χ3n) is 7.56. The molecule has 5 rings (SSSR count). The zero-order valence-electron chi connectivity index (χ0n) is 25.8. The Labute approximate surface area is 261 Å². The largest absolute Gasteiger partial charge is 0.507 e. The number of carbonyl (C=O) groups excluding carboxylic acids is 2.